The van der Waals surface area contributed by atoms with E-state index in [4.69, 9.17) is 4.74 Å². The van der Waals surface area contributed by atoms with Gasteiger partial charge in [-0.3, -0.25) is 4.79 Å². The highest BCUT2D eigenvalue weighted by atomic mass is 16.5. The average Bonchev–Trinajstić information content (AvgIpc) is 2.94. The van der Waals surface area contributed by atoms with Crippen LogP contribution in [-0.4, -0.2) is 54.9 Å². The molecule has 0 spiro atoms. The van der Waals surface area contributed by atoms with Gasteiger partial charge in [0.25, 0.3) is 5.91 Å². The smallest absolute Gasteiger partial charge is 0.253 e. The van der Waals surface area contributed by atoms with Crippen molar-refractivity contribution < 1.29 is 14.6 Å². The van der Waals surface area contributed by atoms with E-state index < -0.39 is 5.60 Å². The van der Waals surface area contributed by atoms with Crippen LogP contribution < -0.4 is 5.32 Å². The molecule has 0 bridgehead atoms. The Kier molecular flexibility index (Phi) is 3.87. The molecule has 1 saturated heterocycles. The van der Waals surface area contributed by atoms with Crippen LogP contribution >= 0.6 is 0 Å². The summed E-state index contributed by atoms with van der Waals surface area (Å²) in [5, 5.41) is 13.8. The van der Waals surface area contributed by atoms with Gasteiger partial charge in [0, 0.05) is 57.4 Å². The van der Waals surface area contributed by atoms with Crippen molar-refractivity contribution >= 4 is 11.6 Å². The fourth-order valence-corrected chi connectivity index (χ4v) is 3.07. The van der Waals surface area contributed by atoms with Crippen molar-refractivity contribution in [2.24, 2.45) is 0 Å². The van der Waals surface area contributed by atoms with Crippen LogP contribution in [0, 0.1) is 0 Å². The zero-order valence-corrected chi connectivity index (χ0v) is 12.4. The molecule has 1 aromatic rings. The number of nitrogens with one attached hydrogen (secondary N) is 1. The van der Waals surface area contributed by atoms with Crippen LogP contribution in [0.15, 0.2) is 18.2 Å². The molecule has 0 atom stereocenters. The Balaban J connectivity index is 1.69. The number of hydrogen-bond acceptors (Lipinski definition) is 4. The summed E-state index contributed by atoms with van der Waals surface area (Å²) < 4.78 is 5.27. The monoisotopic (exact) mass is 290 g/mol. The fraction of sp³-hybridized carbons (Fsp3) is 0.562. The number of ether oxygens (including phenoxy) is 1. The van der Waals surface area contributed by atoms with Gasteiger partial charge in [0.15, 0.2) is 0 Å². The van der Waals surface area contributed by atoms with Crippen LogP contribution in [0.25, 0.3) is 0 Å². The Bertz CT molecular complexity index is 538. The van der Waals surface area contributed by atoms with Crippen LogP contribution in [0.2, 0.25) is 0 Å². The molecule has 1 amide bonds. The van der Waals surface area contributed by atoms with Gasteiger partial charge in [0.1, 0.15) is 0 Å². The maximum absolute atomic E-state index is 12.5. The standard InChI is InChI=1S/C16H22N2O3/c1-18(11-16(20)5-8-21-9-6-16)15(19)13-3-2-12-4-7-17-14(12)10-13/h2-3,10,17,20H,4-9,11H2,1H3. The summed E-state index contributed by atoms with van der Waals surface area (Å²) >= 11 is 0. The van der Waals surface area contributed by atoms with Gasteiger partial charge >= 0.3 is 0 Å². The lowest BCUT2D eigenvalue weighted by Gasteiger charge is -2.35. The number of carbonyl (C=O) groups is 1. The van der Waals surface area contributed by atoms with Gasteiger partial charge in [-0.05, 0) is 24.1 Å². The predicted molar refractivity (Wildman–Crippen MR) is 80.6 cm³/mol. The predicted octanol–water partition coefficient (Wildman–Crippen LogP) is 1.27. The number of carbonyl (C=O) groups excluding carboxylic acids is 1. The maximum atomic E-state index is 12.5. The SMILES string of the molecule is CN(CC1(O)CCOCC1)C(=O)c1ccc2c(c1)NCC2. The molecule has 3 rings (SSSR count). The van der Waals surface area contributed by atoms with Gasteiger partial charge < -0.3 is 20.1 Å². The Labute approximate surface area is 124 Å². The molecule has 1 fully saturated rings. The first kappa shape index (κ1) is 14.4. The molecule has 2 N–H and O–H groups in total. The Morgan fingerprint density at radius 2 is 2.19 bits per heavy atom. The molecule has 0 unspecified atom stereocenters. The first-order chi connectivity index (χ1) is 10.1. The van der Waals surface area contributed by atoms with Gasteiger partial charge in [0.05, 0.1) is 5.60 Å². The van der Waals surface area contributed by atoms with Crippen LogP contribution in [0.5, 0.6) is 0 Å². The van der Waals surface area contributed by atoms with Gasteiger partial charge in [-0.2, -0.15) is 0 Å². The quantitative estimate of drug-likeness (QED) is 0.880. The molecule has 1 aromatic carbocycles. The Morgan fingerprint density at radius 1 is 1.43 bits per heavy atom. The number of amides is 1. The van der Waals surface area contributed by atoms with Crippen LogP contribution in [0.4, 0.5) is 5.69 Å². The van der Waals surface area contributed by atoms with Crippen molar-refractivity contribution in [1.82, 2.24) is 4.90 Å². The second kappa shape index (κ2) is 5.66. The third-order valence-electron chi connectivity index (χ3n) is 4.37. The normalized spacial score (nSPS) is 19.7. The van der Waals surface area contributed by atoms with Crippen LogP contribution in [-0.2, 0) is 11.2 Å². The van der Waals surface area contributed by atoms with Gasteiger partial charge in [-0.15, -0.1) is 0 Å². The van der Waals surface area contributed by atoms with Crippen molar-refractivity contribution in [2.45, 2.75) is 24.9 Å². The lowest BCUT2D eigenvalue weighted by molar-refractivity contribution is -0.0734. The molecule has 0 saturated carbocycles. The summed E-state index contributed by atoms with van der Waals surface area (Å²) in [6.45, 7) is 2.39. The number of hydrogen-bond donors (Lipinski definition) is 2. The lowest BCUT2D eigenvalue weighted by Crippen LogP contribution is -2.47. The van der Waals surface area contributed by atoms with E-state index in [0.717, 1.165) is 18.7 Å². The molecule has 0 aliphatic carbocycles. The van der Waals surface area contributed by atoms with E-state index in [2.05, 4.69) is 5.32 Å². The molecule has 0 aromatic heterocycles. The lowest BCUT2D eigenvalue weighted by atomic mass is 9.93. The summed E-state index contributed by atoms with van der Waals surface area (Å²) in [6.07, 6.45) is 2.17. The van der Waals surface area contributed by atoms with E-state index in [1.807, 2.05) is 18.2 Å². The minimum Gasteiger partial charge on any atom is -0.388 e. The molecule has 5 nitrogen and oxygen atoms in total. The minimum absolute atomic E-state index is 0.0496. The second-order valence-electron chi connectivity index (χ2n) is 6.05. The zero-order valence-electron chi connectivity index (χ0n) is 12.4. The Morgan fingerprint density at radius 3 is 2.95 bits per heavy atom. The average molecular weight is 290 g/mol. The zero-order chi connectivity index (χ0) is 14.9. The van der Waals surface area contributed by atoms with Gasteiger partial charge in [-0.1, -0.05) is 6.07 Å². The third kappa shape index (κ3) is 3.04. The molecule has 0 radical (unpaired) electrons. The van der Waals surface area contributed by atoms with Crippen LogP contribution in [0.1, 0.15) is 28.8 Å². The third-order valence-corrected chi connectivity index (χ3v) is 4.37. The molecular formula is C16H22N2O3. The largest absolute Gasteiger partial charge is 0.388 e. The number of fused-ring (bicyclic) bond motifs is 1. The van der Waals surface area contributed by atoms with Crippen molar-refractivity contribution in [1.29, 1.82) is 0 Å². The van der Waals surface area contributed by atoms with Crippen molar-refractivity contribution in [2.75, 3.05) is 38.7 Å². The highest BCUT2D eigenvalue weighted by Gasteiger charge is 2.32. The first-order valence-electron chi connectivity index (χ1n) is 7.50. The summed E-state index contributed by atoms with van der Waals surface area (Å²) in [4.78, 5) is 14.1. The van der Waals surface area contributed by atoms with E-state index in [1.165, 1.54) is 5.56 Å². The minimum atomic E-state index is -0.822. The van der Waals surface area contributed by atoms with Crippen molar-refractivity contribution in [3.05, 3.63) is 29.3 Å². The Hall–Kier alpha value is -1.59. The molecule has 21 heavy (non-hydrogen) atoms. The van der Waals surface area contributed by atoms with E-state index in [1.54, 1.807) is 11.9 Å². The number of benzene rings is 1. The number of anilines is 1. The van der Waals surface area contributed by atoms with Gasteiger partial charge in [-0.25, -0.2) is 0 Å². The number of aliphatic hydroxyl groups is 1. The molecule has 5 heteroatoms. The van der Waals surface area contributed by atoms with Crippen LogP contribution in [0.3, 0.4) is 0 Å². The topological polar surface area (TPSA) is 61.8 Å². The molecule has 2 heterocycles. The molecule has 2 aliphatic rings. The van der Waals surface area contributed by atoms with E-state index in [-0.39, 0.29) is 5.91 Å². The highest BCUT2D eigenvalue weighted by Crippen LogP contribution is 2.25. The van der Waals surface area contributed by atoms with E-state index in [0.29, 0.717) is 38.2 Å². The van der Waals surface area contributed by atoms with E-state index in [9.17, 15) is 9.90 Å². The highest BCUT2D eigenvalue weighted by molar-refractivity contribution is 5.95. The summed E-state index contributed by atoms with van der Waals surface area (Å²) in [6, 6.07) is 5.80. The summed E-state index contributed by atoms with van der Waals surface area (Å²) in [7, 11) is 1.75. The van der Waals surface area contributed by atoms with E-state index >= 15 is 0 Å². The fourth-order valence-electron chi connectivity index (χ4n) is 3.07. The van der Waals surface area contributed by atoms with Gasteiger partial charge in [0.2, 0.25) is 0 Å². The first-order valence-corrected chi connectivity index (χ1v) is 7.50. The summed E-state index contributed by atoms with van der Waals surface area (Å²) in [5.41, 5.74) is 2.16. The molecular weight excluding hydrogens is 268 g/mol. The molecule has 114 valence electrons. The number of rotatable bonds is 3. The van der Waals surface area contributed by atoms with Crippen molar-refractivity contribution in [3.63, 3.8) is 0 Å². The number of nitrogens with zero attached hydrogens (tertiary/aromatic N) is 1. The maximum Gasteiger partial charge on any atom is 0.253 e. The number of likely N-dealkylation sites (N-methyl/N-ethyl adjacent to an activating group) is 1. The summed E-state index contributed by atoms with van der Waals surface area (Å²) in [5.74, 6) is -0.0496. The van der Waals surface area contributed by atoms with Crippen molar-refractivity contribution in [3.8, 4) is 0 Å². The molecule has 2 aliphatic heterocycles. The second-order valence-corrected chi connectivity index (χ2v) is 6.05.